The van der Waals surface area contributed by atoms with E-state index in [-0.39, 0.29) is 35.9 Å². The van der Waals surface area contributed by atoms with E-state index in [4.69, 9.17) is 14.2 Å². The predicted octanol–water partition coefficient (Wildman–Crippen LogP) is 3.51. The smallest absolute Gasteiger partial charge is 0.246 e. The molecule has 31 heavy (non-hydrogen) atoms. The molecule has 2 aliphatic rings. The van der Waals surface area contributed by atoms with Gasteiger partial charge in [-0.1, -0.05) is 6.07 Å². The Labute approximate surface area is 183 Å². The number of Topliss-reactive ketones (excluding diaryl/α,β-unsaturated/α-hetero) is 1. The van der Waals surface area contributed by atoms with Crippen LogP contribution in [0.1, 0.15) is 40.7 Å². The summed E-state index contributed by atoms with van der Waals surface area (Å²) in [6, 6.07) is 8.47. The average Bonchev–Trinajstić information content (AvgIpc) is 2.76. The summed E-state index contributed by atoms with van der Waals surface area (Å²) in [4.78, 5) is 12.9. The van der Waals surface area contributed by atoms with E-state index < -0.39 is 15.6 Å². The quantitative estimate of drug-likeness (QED) is 0.716. The van der Waals surface area contributed by atoms with E-state index in [9.17, 15) is 13.2 Å². The second-order valence-corrected chi connectivity index (χ2v) is 10.1. The van der Waals surface area contributed by atoms with Crippen molar-refractivity contribution in [3.8, 4) is 17.2 Å². The SMILES string of the molecule is COc1ccc(OC)c(S(=O)(=O)N2CCC3(CC2)CC(=O)c2ccc(C)c(C)c2O3)c1. The summed E-state index contributed by atoms with van der Waals surface area (Å²) >= 11 is 0. The second kappa shape index (κ2) is 7.84. The highest BCUT2D eigenvalue weighted by molar-refractivity contribution is 7.89. The Morgan fingerprint density at radius 1 is 1.03 bits per heavy atom. The molecule has 2 aromatic rings. The number of ketones is 1. The van der Waals surface area contributed by atoms with E-state index in [0.29, 0.717) is 29.9 Å². The summed E-state index contributed by atoms with van der Waals surface area (Å²) in [5, 5.41) is 0. The molecular weight excluding hydrogens is 418 g/mol. The maximum absolute atomic E-state index is 13.4. The largest absolute Gasteiger partial charge is 0.497 e. The number of rotatable bonds is 4. The minimum Gasteiger partial charge on any atom is -0.497 e. The molecule has 4 rings (SSSR count). The second-order valence-electron chi connectivity index (χ2n) is 8.19. The molecule has 1 saturated heterocycles. The third-order valence-corrected chi connectivity index (χ3v) is 8.32. The average molecular weight is 446 g/mol. The van der Waals surface area contributed by atoms with Crippen LogP contribution in [0.15, 0.2) is 35.2 Å². The van der Waals surface area contributed by atoms with Crippen molar-refractivity contribution >= 4 is 15.8 Å². The molecular formula is C23H27NO6S. The Kier molecular flexibility index (Phi) is 5.47. The summed E-state index contributed by atoms with van der Waals surface area (Å²) in [6.07, 6.45) is 1.15. The molecule has 7 nitrogen and oxygen atoms in total. The van der Waals surface area contributed by atoms with Crippen molar-refractivity contribution in [2.24, 2.45) is 0 Å². The van der Waals surface area contributed by atoms with Crippen LogP contribution in [0.5, 0.6) is 17.2 Å². The summed E-state index contributed by atoms with van der Waals surface area (Å²) in [5.41, 5.74) is 1.97. The number of hydrogen-bond donors (Lipinski definition) is 0. The topological polar surface area (TPSA) is 82.1 Å². The van der Waals surface area contributed by atoms with Crippen LogP contribution in [-0.4, -0.2) is 51.4 Å². The van der Waals surface area contributed by atoms with Gasteiger partial charge in [-0.2, -0.15) is 4.31 Å². The number of fused-ring (bicyclic) bond motifs is 1. The number of sulfonamides is 1. The van der Waals surface area contributed by atoms with E-state index in [2.05, 4.69) is 0 Å². The molecule has 8 heteroatoms. The number of benzene rings is 2. The fourth-order valence-corrected chi connectivity index (χ4v) is 5.93. The van der Waals surface area contributed by atoms with Crippen LogP contribution in [0.2, 0.25) is 0 Å². The molecule has 0 atom stereocenters. The maximum Gasteiger partial charge on any atom is 0.246 e. The Balaban J connectivity index is 1.59. The number of methoxy groups -OCH3 is 2. The minimum atomic E-state index is -3.79. The van der Waals surface area contributed by atoms with Crippen LogP contribution in [0.3, 0.4) is 0 Å². The summed E-state index contributed by atoms with van der Waals surface area (Å²) in [7, 11) is -0.866. The fraction of sp³-hybridized carbons (Fsp3) is 0.435. The van der Waals surface area contributed by atoms with Gasteiger partial charge in [-0.25, -0.2) is 8.42 Å². The monoisotopic (exact) mass is 445 g/mol. The normalized spacial score (nSPS) is 18.4. The number of nitrogens with zero attached hydrogens (tertiary/aromatic N) is 1. The van der Waals surface area contributed by atoms with Gasteiger partial charge in [0, 0.05) is 32.0 Å². The molecule has 1 spiro atoms. The van der Waals surface area contributed by atoms with Crippen molar-refractivity contribution in [1.82, 2.24) is 4.31 Å². The van der Waals surface area contributed by atoms with E-state index in [1.54, 1.807) is 12.1 Å². The number of ether oxygens (including phenoxy) is 3. The van der Waals surface area contributed by atoms with E-state index in [0.717, 1.165) is 11.1 Å². The first-order chi connectivity index (χ1) is 14.7. The molecule has 1 fully saturated rings. The van der Waals surface area contributed by atoms with E-state index in [1.165, 1.54) is 24.6 Å². The Morgan fingerprint density at radius 2 is 1.74 bits per heavy atom. The molecule has 0 N–H and O–H groups in total. The summed E-state index contributed by atoms with van der Waals surface area (Å²) < 4.78 is 45.0. The van der Waals surface area contributed by atoms with Crippen molar-refractivity contribution in [2.45, 2.75) is 43.6 Å². The highest BCUT2D eigenvalue weighted by Crippen LogP contribution is 2.43. The Morgan fingerprint density at radius 3 is 2.39 bits per heavy atom. The summed E-state index contributed by atoms with van der Waals surface area (Å²) in [6.45, 7) is 4.46. The lowest BCUT2D eigenvalue weighted by Crippen LogP contribution is -2.52. The maximum atomic E-state index is 13.4. The first kappa shape index (κ1) is 21.6. The minimum absolute atomic E-state index is 0.0510. The van der Waals surface area contributed by atoms with Crippen LogP contribution < -0.4 is 14.2 Å². The zero-order valence-electron chi connectivity index (χ0n) is 18.2. The van der Waals surface area contributed by atoms with Crippen molar-refractivity contribution in [1.29, 1.82) is 0 Å². The highest BCUT2D eigenvalue weighted by atomic mass is 32.2. The van der Waals surface area contributed by atoms with Gasteiger partial charge in [0.2, 0.25) is 10.0 Å². The van der Waals surface area contributed by atoms with Gasteiger partial charge >= 0.3 is 0 Å². The van der Waals surface area contributed by atoms with Crippen molar-refractivity contribution < 1.29 is 27.4 Å². The van der Waals surface area contributed by atoms with Gasteiger partial charge in [0.15, 0.2) is 5.78 Å². The molecule has 2 heterocycles. The lowest BCUT2D eigenvalue weighted by atomic mass is 9.82. The van der Waals surface area contributed by atoms with Crippen molar-refractivity contribution in [2.75, 3.05) is 27.3 Å². The molecule has 0 aliphatic carbocycles. The molecule has 2 aliphatic heterocycles. The number of carbonyl (C=O) groups excluding carboxylic acids is 1. The van der Waals surface area contributed by atoms with Gasteiger partial charge in [0.25, 0.3) is 0 Å². The molecule has 2 aromatic carbocycles. The number of hydrogen-bond acceptors (Lipinski definition) is 6. The van der Waals surface area contributed by atoms with E-state index >= 15 is 0 Å². The van der Waals surface area contributed by atoms with Gasteiger partial charge in [-0.15, -0.1) is 0 Å². The molecule has 0 saturated carbocycles. The number of piperidine rings is 1. The molecule has 0 amide bonds. The van der Waals surface area contributed by atoms with Crippen LogP contribution in [0.25, 0.3) is 0 Å². The zero-order valence-corrected chi connectivity index (χ0v) is 19.0. The first-order valence-corrected chi connectivity index (χ1v) is 11.7. The fourth-order valence-electron chi connectivity index (χ4n) is 4.32. The van der Waals surface area contributed by atoms with Crippen LogP contribution >= 0.6 is 0 Å². The first-order valence-electron chi connectivity index (χ1n) is 10.3. The molecule has 0 radical (unpaired) electrons. The Bertz CT molecular complexity index is 1130. The van der Waals surface area contributed by atoms with Crippen molar-refractivity contribution in [3.05, 3.63) is 47.0 Å². The van der Waals surface area contributed by atoms with Gasteiger partial charge in [-0.3, -0.25) is 4.79 Å². The summed E-state index contributed by atoms with van der Waals surface area (Å²) in [5.74, 6) is 1.40. The standard InChI is InChI=1S/C23H27NO6S/c1-15-5-7-18-19(25)14-23(30-22(18)16(15)2)9-11-24(12-10-23)31(26,27)21-13-17(28-3)6-8-20(21)29-4/h5-8,13H,9-12,14H2,1-4H3. The van der Waals surface area contributed by atoms with Crippen LogP contribution in [0, 0.1) is 13.8 Å². The van der Waals surface area contributed by atoms with Crippen LogP contribution in [-0.2, 0) is 10.0 Å². The van der Waals surface area contributed by atoms with Gasteiger partial charge in [0.1, 0.15) is 27.7 Å². The predicted molar refractivity (Wildman–Crippen MR) is 116 cm³/mol. The highest BCUT2D eigenvalue weighted by Gasteiger charge is 2.45. The van der Waals surface area contributed by atoms with Gasteiger partial charge < -0.3 is 14.2 Å². The molecule has 166 valence electrons. The third-order valence-electron chi connectivity index (χ3n) is 6.40. The van der Waals surface area contributed by atoms with Crippen LogP contribution in [0.4, 0.5) is 0 Å². The zero-order chi connectivity index (χ0) is 22.4. The van der Waals surface area contributed by atoms with Gasteiger partial charge in [0.05, 0.1) is 26.2 Å². The third kappa shape index (κ3) is 3.68. The number of carbonyl (C=O) groups is 1. The Hall–Kier alpha value is -2.58. The lowest BCUT2D eigenvalue weighted by Gasteiger charge is -2.44. The number of aryl methyl sites for hydroxylation is 1. The lowest BCUT2D eigenvalue weighted by molar-refractivity contribution is 0.00531. The molecule has 0 bridgehead atoms. The van der Waals surface area contributed by atoms with E-state index in [1.807, 2.05) is 26.0 Å². The molecule has 0 aromatic heterocycles. The van der Waals surface area contributed by atoms with Crippen molar-refractivity contribution in [3.63, 3.8) is 0 Å². The van der Waals surface area contributed by atoms with Gasteiger partial charge in [-0.05, 0) is 43.2 Å². The molecule has 0 unspecified atom stereocenters.